The summed E-state index contributed by atoms with van der Waals surface area (Å²) in [5.41, 5.74) is 0.818. The number of aryl methyl sites for hydroxylation is 1. The molecule has 0 aliphatic carbocycles. The highest BCUT2D eigenvalue weighted by Crippen LogP contribution is 2.30. The molecule has 0 aliphatic heterocycles. The molecule has 3 aromatic rings. The van der Waals surface area contributed by atoms with E-state index in [2.05, 4.69) is 5.32 Å². The maximum Gasteiger partial charge on any atom is 0.344 e. The highest BCUT2D eigenvalue weighted by atomic mass is 19.1. The molecule has 4 nitrogen and oxygen atoms in total. The van der Waals surface area contributed by atoms with Gasteiger partial charge in [-0.2, -0.15) is 0 Å². The third kappa shape index (κ3) is 6.03. The van der Waals surface area contributed by atoms with E-state index >= 15 is 4.39 Å². The molecule has 3 rings (SSSR count). The molecule has 0 amide bonds. The molecule has 0 heterocycles. The van der Waals surface area contributed by atoms with Gasteiger partial charge in [-0.25, -0.2) is 22.4 Å². The first-order valence-electron chi connectivity index (χ1n) is 10.2. The normalized spacial score (nSPS) is 10.9. The van der Waals surface area contributed by atoms with Crippen LogP contribution in [0.2, 0.25) is 0 Å². The van der Waals surface area contributed by atoms with Crippen molar-refractivity contribution < 1.29 is 31.8 Å². The number of ether oxygens (including phenoxy) is 2. The Bertz CT molecular complexity index is 1160. The Morgan fingerprint density at radius 1 is 1.00 bits per heavy atom. The second-order valence-electron chi connectivity index (χ2n) is 7.71. The van der Waals surface area contributed by atoms with Crippen LogP contribution in [0.5, 0.6) is 5.75 Å². The summed E-state index contributed by atoms with van der Waals surface area (Å²) >= 11 is 0. The Morgan fingerprint density at radius 2 is 1.76 bits per heavy atom. The minimum Gasteiger partial charge on any atom is -0.479 e. The molecule has 0 radical (unpaired) electrons. The quantitative estimate of drug-likeness (QED) is 0.322. The van der Waals surface area contributed by atoms with Gasteiger partial charge in [-0.1, -0.05) is 18.2 Å². The molecule has 0 saturated heterocycles. The first-order valence-corrected chi connectivity index (χ1v) is 10.2. The summed E-state index contributed by atoms with van der Waals surface area (Å²) in [7, 11) is 0. The maximum atomic E-state index is 15.1. The third-order valence-corrected chi connectivity index (χ3v) is 4.65. The van der Waals surface area contributed by atoms with Crippen LogP contribution in [0.25, 0.3) is 11.1 Å². The molecular formula is C25H23F4NO3. The lowest BCUT2D eigenvalue weighted by atomic mass is 9.99. The number of hydrogen-bond donors (Lipinski definition) is 1. The molecule has 0 fully saturated rings. The van der Waals surface area contributed by atoms with Gasteiger partial charge in [0.05, 0.1) is 6.10 Å². The van der Waals surface area contributed by atoms with Gasteiger partial charge in [0, 0.05) is 17.7 Å². The number of halogens is 4. The van der Waals surface area contributed by atoms with Crippen molar-refractivity contribution in [1.82, 2.24) is 0 Å². The van der Waals surface area contributed by atoms with Crippen molar-refractivity contribution in [2.45, 2.75) is 33.4 Å². The van der Waals surface area contributed by atoms with E-state index < -0.39 is 41.5 Å². The fourth-order valence-corrected chi connectivity index (χ4v) is 3.26. The van der Waals surface area contributed by atoms with E-state index in [1.165, 1.54) is 24.3 Å². The molecule has 8 heteroatoms. The Kier molecular flexibility index (Phi) is 7.58. The Hall–Kier alpha value is -3.55. The molecule has 1 N–H and O–H groups in total. The van der Waals surface area contributed by atoms with Crippen LogP contribution in [0.1, 0.15) is 25.0 Å². The van der Waals surface area contributed by atoms with E-state index in [0.29, 0.717) is 11.1 Å². The highest BCUT2D eigenvalue weighted by molar-refractivity contribution is 5.71. The van der Waals surface area contributed by atoms with Crippen LogP contribution in [0.3, 0.4) is 0 Å². The third-order valence-electron chi connectivity index (χ3n) is 4.65. The van der Waals surface area contributed by atoms with Gasteiger partial charge in [0.2, 0.25) is 0 Å². The number of hydrogen-bond acceptors (Lipinski definition) is 4. The molecule has 3 aromatic carbocycles. The summed E-state index contributed by atoms with van der Waals surface area (Å²) in [6, 6.07) is 10.6. The summed E-state index contributed by atoms with van der Waals surface area (Å²) < 4.78 is 67.9. The van der Waals surface area contributed by atoms with Crippen molar-refractivity contribution in [2.75, 3.05) is 11.9 Å². The summed E-state index contributed by atoms with van der Waals surface area (Å²) in [6.45, 7) is 4.24. The predicted octanol–water partition coefficient (Wildman–Crippen LogP) is 6.16. The fourth-order valence-electron chi connectivity index (χ4n) is 3.26. The average molecular weight is 461 g/mol. The number of nitrogens with one attached hydrogen (secondary N) is 1. The van der Waals surface area contributed by atoms with E-state index in [9.17, 15) is 18.0 Å². The van der Waals surface area contributed by atoms with Crippen molar-refractivity contribution in [3.8, 4) is 16.9 Å². The Labute approximate surface area is 189 Å². The van der Waals surface area contributed by atoms with Crippen molar-refractivity contribution in [1.29, 1.82) is 0 Å². The Morgan fingerprint density at radius 3 is 2.45 bits per heavy atom. The van der Waals surface area contributed by atoms with Crippen LogP contribution >= 0.6 is 0 Å². The lowest BCUT2D eigenvalue weighted by molar-refractivity contribution is -0.149. The van der Waals surface area contributed by atoms with Crippen LogP contribution in [0, 0.1) is 30.2 Å². The number of benzene rings is 3. The van der Waals surface area contributed by atoms with Gasteiger partial charge in [0.15, 0.2) is 18.2 Å². The number of rotatable bonds is 8. The number of carbonyl (C=O) groups is 1. The summed E-state index contributed by atoms with van der Waals surface area (Å²) in [6.07, 6.45) is -0.363. The minimum absolute atomic E-state index is 0.139. The molecule has 0 atom stereocenters. The van der Waals surface area contributed by atoms with Crippen LogP contribution in [0.4, 0.5) is 23.2 Å². The lowest BCUT2D eigenvalue weighted by Gasteiger charge is -2.15. The SMILES string of the molecule is Cc1cc(CNc2c(F)ccc(OCC(=O)OC(C)C)c2F)c(F)c(-c2cccc(F)c2)c1. The van der Waals surface area contributed by atoms with Crippen molar-refractivity contribution in [2.24, 2.45) is 0 Å². The molecule has 0 spiro atoms. The summed E-state index contributed by atoms with van der Waals surface area (Å²) in [5.74, 6) is -4.18. The topological polar surface area (TPSA) is 47.6 Å². The smallest absolute Gasteiger partial charge is 0.344 e. The van der Waals surface area contributed by atoms with Gasteiger partial charge in [-0.15, -0.1) is 0 Å². The molecule has 0 saturated carbocycles. The highest BCUT2D eigenvalue weighted by Gasteiger charge is 2.18. The molecule has 0 aliphatic rings. The van der Waals surface area contributed by atoms with Crippen LogP contribution in [0.15, 0.2) is 48.5 Å². The van der Waals surface area contributed by atoms with Gasteiger partial charge in [-0.3, -0.25) is 0 Å². The van der Waals surface area contributed by atoms with Crippen LogP contribution < -0.4 is 10.1 Å². The Balaban J connectivity index is 1.82. The maximum absolute atomic E-state index is 15.1. The zero-order valence-electron chi connectivity index (χ0n) is 18.3. The number of anilines is 1. The average Bonchev–Trinajstić information content (AvgIpc) is 2.74. The van der Waals surface area contributed by atoms with Gasteiger partial charge >= 0.3 is 5.97 Å². The molecule has 0 aromatic heterocycles. The molecule has 0 unspecified atom stereocenters. The first-order chi connectivity index (χ1) is 15.7. The molecular weight excluding hydrogens is 438 g/mol. The second kappa shape index (κ2) is 10.4. The predicted molar refractivity (Wildman–Crippen MR) is 117 cm³/mol. The van der Waals surface area contributed by atoms with Gasteiger partial charge in [0.25, 0.3) is 0 Å². The lowest BCUT2D eigenvalue weighted by Crippen LogP contribution is -2.19. The molecule has 33 heavy (non-hydrogen) atoms. The fraction of sp³-hybridized carbons (Fsp3) is 0.240. The van der Waals surface area contributed by atoms with Gasteiger partial charge in [-0.05, 0) is 62.2 Å². The van der Waals surface area contributed by atoms with E-state index in [0.717, 1.165) is 12.1 Å². The monoisotopic (exact) mass is 461 g/mol. The van der Waals surface area contributed by atoms with E-state index in [1.54, 1.807) is 32.9 Å². The van der Waals surface area contributed by atoms with Gasteiger partial charge < -0.3 is 14.8 Å². The van der Waals surface area contributed by atoms with Crippen molar-refractivity contribution in [3.63, 3.8) is 0 Å². The number of carbonyl (C=O) groups excluding carboxylic acids is 1. The first kappa shape index (κ1) is 24.1. The van der Waals surface area contributed by atoms with Crippen molar-refractivity contribution in [3.05, 3.63) is 82.9 Å². The van der Waals surface area contributed by atoms with Crippen LogP contribution in [-0.4, -0.2) is 18.7 Å². The van der Waals surface area contributed by atoms with E-state index in [4.69, 9.17) is 9.47 Å². The van der Waals surface area contributed by atoms with E-state index in [-0.39, 0.29) is 29.5 Å². The standard InChI is InChI=1S/C25H23F4NO3/c1-14(2)33-22(31)13-32-21-8-7-20(27)25(24(21)29)30-12-17-9-15(3)10-19(23(17)28)16-5-4-6-18(26)11-16/h4-11,14,30H,12-13H2,1-3H3. The summed E-state index contributed by atoms with van der Waals surface area (Å²) in [5, 5.41) is 2.56. The van der Waals surface area contributed by atoms with E-state index in [1.807, 2.05) is 0 Å². The molecule has 0 bridgehead atoms. The van der Waals surface area contributed by atoms with Gasteiger partial charge in [0.1, 0.15) is 23.1 Å². The summed E-state index contributed by atoms with van der Waals surface area (Å²) in [4.78, 5) is 11.6. The minimum atomic E-state index is -1.06. The zero-order chi connectivity index (χ0) is 24.1. The molecule has 174 valence electrons. The van der Waals surface area contributed by atoms with Crippen LogP contribution in [-0.2, 0) is 16.1 Å². The second-order valence-corrected chi connectivity index (χ2v) is 7.71. The van der Waals surface area contributed by atoms with Crippen molar-refractivity contribution >= 4 is 11.7 Å². The largest absolute Gasteiger partial charge is 0.479 e. The number of esters is 1. The zero-order valence-corrected chi connectivity index (χ0v) is 18.3.